The van der Waals surface area contributed by atoms with Crippen LogP contribution in [0.2, 0.25) is 0 Å². The Labute approximate surface area is 70.8 Å². The Morgan fingerprint density at radius 3 is 3.00 bits per heavy atom. The number of carbonyl (C=O) groups excluding carboxylic acids is 1. The molecule has 4 heteroatoms. The molecule has 0 saturated carbocycles. The highest BCUT2D eigenvalue weighted by molar-refractivity contribution is 5.94. The average Bonchev–Trinajstić information content (AvgIpc) is 2.47. The summed E-state index contributed by atoms with van der Waals surface area (Å²) in [7, 11) is 0. The molecule has 66 valence electrons. The number of aromatic nitrogens is 1. The molecule has 0 aliphatic heterocycles. The van der Waals surface area contributed by atoms with Crippen LogP contribution in [0.3, 0.4) is 0 Å². The van der Waals surface area contributed by atoms with E-state index >= 15 is 0 Å². The molecule has 1 heterocycles. The summed E-state index contributed by atoms with van der Waals surface area (Å²) in [6.07, 6.45) is 2.41. The molecular formula is C8H12N2O2. The van der Waals surface area contributed by atoms with E-state index in [1.165, 1.54) is 6.39 Å². The van der Waals surface area contributed by atoms with Gasteiger partial charge >= 0.3 is 0 Å². The minimum atomic E-state index is -0.0181. The number of hydrogen-bond acceptors (Lipinski definition) is 4. The van der Waals surface area contributed by atoms with E-state index in [1.807, 2.05) is 0 Å². The van der Waals surface area contributed by atoms with Gasteiger partial charge in [-0.3, -0.25) is 4.79 Å². The average molecular weight is 168 g/mol. The lowest BCUT2D eigenvalue weighted by molar-refractivity contribution is 0.0953. The van der Waals surface area contributed by atoms with Gasteiger partial charge in [-0.05, 0) is 19.9 Å². The number of ketones is 1. The number of carbonyl (C=O) groups is 1. The lowest BCUT2D eigenvalue weighted by atomic mass is 10.1. The third kappa shape index (κ3) is 1.92. The van der Waals surface area contributed by atoms with Crippen molar-refractivity contribution >= 4 is 5.78 Å². The van der Waals surface area contributed by atoms with Crippen molar-refractivity contribution < 1.29 is 9.21 Å². The molecule has 0 atom stereocenters. The van der Waals surface area contributed by atoms with Crippen LogP contribution in [0.1, 0.15) is 29.1 Å². The van der Waals surface area contributed by atoms with E-state index in [0.717, 1.165) is 0 Å². The molecule has 0 amide bonds. The van der Waals surface area contributed by atoms with E-state index in [4.69, 9.17) is 10.2 Å². The van der Waals surface area contributed by atoms with Crippen molar-refractivity contribution in [3.8, 4) is 0 Å². The lowest BCUT2D eigenvalue weighted by Crippen LogP contribution is -2.05. The zero-order valence-corrected chi connectivity index (χ0v) is 7.04. The molecule has 2 N–H and O–H groups in total. The number of Topliss-reactive ketones (excluding diaryl/α,β-unsaturated/α-hetero) is 1. The number of hydrogen-bond donors (Lipinski definition) is 1. The molecular weight excluding hydrogens is 156 g/mol. The normalized spacial score (nSPS) is 10.2. The smallest absolute Gasteiger partial charge is 0.200 e. The fourth-order valence-electron chi connectivity index (χ4n) is 0.946. The van der Waals surface area contributed by atoms with Crippen LogP contribution in [0.15, 0.2) is 10.8 Å². The Hall–Kier alpha value is -1.16. The summed E-state index contributed by atoms with van der Waals surface area (Å²) in [5.74, 6) is 0.346. The first-order valence-electron chi connectivity index (χ1n) is 3.89. The molecule has 1 aromatic rings. The number of oxazole rings is 1. The van der Waals surface area contributed by atoms with E-state index in [2.05, 4.69) is 4.98 Å². The third-order valence-electron chi connectivity index (χ3n) is 1.61. The van der Waals surface area contributed by atoms with Crippen LogP contribution in [0.4, 0.5) is 0 Å². The van der Waals surface area contributed by atoms with Crippen LogP contribution in [0.25, 0.3) is 0 Å². The predicted molar refractivity (Wildman–Crippen MR) is 43.9 cm³/mol. The molecule has 0 spiro atoms. The van der Waals surface area contributed by atoms with Crippen LogP contribution in [-0.2, 0) is 0 Å². The van der Waals surface area contributed by atoms with E-state index in [0.29, 0.717) is 30.8 Å². The fraction of sp³-hybridized carbons (Fsp3) is 0.500. The van der Waals surface area contributed by atoms with Gasteiger partial charge in [-0.25, -0.2) is 4.98 Å². The van der Waals surface area contributed by atoms with Crippen molar-refractivity contribution in [3.05, 3.63) is 17.8 Å². The third-order valence-corrected chi connectivity index (χ3v) is 1.61. The van der Waals surface area contributed by atoms with E-state index < -0.39 is 0 Å². The molecule has 4 nitrogen and oxygen atoms in total. The molecule has 0 aromatic carbocycles. The fourth-order valence-corrected chi connectivity index (χ4v) is 0.946. The summed E-state index contributed by atoms with van der Waals surface area (Å²) in [5, 5.41) is 0. The Bertz CT molecular complexity index is 268. The van der Waals surface area contributed by atoms with Gasteiger partial charge in [0.1, 0.15) is 0 Å². The Kier molecular flexibility index (Phi) is 2.99. The Morgan fingerprint density at radius 2 is 2.50 bits per heavy atom. The van der Waals surface area contributed by atoms with Gasteiger partial charge in [0.15, 0.2) is 17.9 Å². The topological polar surface area (TPSA) is 69.1 Å². The largest absolute Gasteiger partial charge is 0.440 e. The first-order chi connectivity index (χ1) is 5.75. The van der Waals surface area contributed by atoms with Crippen LogP contribution < -0.4 is 5.73 Å². The number of nitrogens with zero attached hydrogens (tertiary/aromatic N) is 1. The van der Waals surface area contributed by atoms with Crippen LogP contribution in [-0.4, -0.2) is 17.3 Å². The van der Waals surface area contributed by atoms with Crippen LogP contribution >= 0.6 is 0 Å². The summed E-state index contributed by atoms with van der Waals surface area (Å²) in [6, 6.07) is 0. The maximum absolute atomic E-state index is 11.3. The first-order valence-corrected chi connectivity index (χ1v) is 3.89. The summed E-state index contributed by atoms with van der Waals surface area (Å²) in [4.78, 5) is 15.1. The SMILES string of the molecule is Cc1ncoc1C(=O)CCCN. The van der Waals surface area contributed by atoms with Gasteiger partial charge in [0, 0.05) is 6.42 Å². The summed E-state index contributed by atoms with van der Waals surface area (Å²) < 4.78 is 4.92. The molecule has 1 rings (SSSR count). The second-order valence-electron chi connectivity index (χ2n) is 2.58. The summed E-state index contributed by atoms with van der Waals surface area (Å²) >= 11 is 0. The highest BCUT2D eigenvalue weighted by atomic mass is 16.3. The molecule has 0 unspecified atom stereocenters. The van der Waals surface area contributed by atoms with Gasteiger partial charge in [0.2, 0.25) is 0 Å². The van der Waals surface area contributed by atoms with Crippen molar-refractivity contribution in [2.24, 2.45) is 5.73 Å². The molecule has 0 aliphatic carbocycles. The Morgan fingerprint density at radius 1 is 1.75 bits per heavy atom. The summed E-state index contributed by atoms with van der Waals surface area (Å²) in [5.41, 5.74) is 5.92. The minimum Gasteiger partial charge on any atom is -0.440 e. The lowest BCUT2D eigenvalue weighted by Gasteiger charge is -1.94. The van der Waals surface area contributed by atoms with Crippen molar-refractivity contribution in [3.63, 3.8) is 0 Å². The van der Waals surface area contributed by atoms with Gasteiger partial charge in [0.05, 0.1) is 5.69 Å². The molecule has 12 heavy (non-hydrogen) atoms. The van der Waals surface area contributed by atoms with Crippen molar-refractivity contribution in [2.75, 3.05) is 6.54 Å². The van der Waals surface area contributed by atoms with Gasteiger partial charge in [-0.2, -0.15) is 0 Å². The highest BCUT2D eigenvalue weighted by Crippen LogP contribution is 2.08. The minimum absolute atomic E-state index is 0.0181. The first kappa shape index (κ1) is 8.93. The number of nitrogens with two attached hydrogens (primary N) is 1. The molecule has 0 bridgehead atoms. The molecule has 0 fully saturated rings. The van der Waals surface area contributed by atoms with Gasteiger partial charge in [-0.15, -0.1) is 0 Å². The zero-order chi connectivity index (χ0) is 8.97. The van der Waals surface area contributed by atoms with E-state index in [1.54, 1.807) is 6.92 Å². The number of aryl methyl sites for hydroxylation is 1. The van der Waals surface area contributed by atoms with Crippen LogP contribution in [0, 0.1) is 6.92 Å². The second kappa shape index (κ2) is 4.01. The molecule has 0 radical (unpaired) electrons. The molecule has 0 saturated heterocycles. The molecule has 1 aromatic heterocycles. The second-order valence-corrected chi connectivity index (χ2v) is 2.58. The summed E-state index contributed by atoms with van der Waals surface area (Å²) in [6.45, 7) is 2.28. The van der Waals surface area contributed by atoms with E-state index in [9.17, 15) is 4.79 Å². The van der Waals surface area contributed by atoms with Gasteiger partial charge in [0.25, 0.3) is 0 Å². The quantitative estimate of drug-likeness (QED) is 0.678. The Balaban J connectivity index is 2.59. The molecule has 0 aliphatic rings. The van der Waals surface area contributed by atoms with Crippen molar-refractivity contribution in [1.29, 1.82) is 0 Å². The van der Waals surface area contributed by atoms with Gasteiger partial charge in [-0.1, -0.05) is 0 Å². The maximum atomic E-state index is 11.3. The van der Waals surface area contributed by atoms with Gasteiger partial charge < -0.3 is 10.2 Å². The maximum Gasteiger partial charge on any atom is 0.200 e. The van der Waals surface area contributed by atoms with E-state index in [-0.39, 0.29) is 5.78 Å². The van der Waals surface area contributed by atoms with Crippen molar-refractivity contribution in [1.82, 2.24) is 4.98 Å². The monoisotopic (exact) mass is 168 g/mol. The van der Waals surface area contributed by atoms with Crippen molar-refractivity contribution in [2.45, 2.75) is 19.8 Å². The number of rotatable bonds is 4. The van der Waals surface area contributed by atoms with Crippen LogP contribution in [0.5, 0.6) is 0 Å². The standard InChI is InChI=1S/C8H12N2O2/c1-6-8(12-5-10-6)7(11)3-2-4-9/h5H,2-4,9H2,1H3. The highest BCUT2D eigenvalue weighted by Gasteiger charge is 2.12. The predicted octanol–water partition coefficient (Wildman–Crippen LogP) is 0.905. The zero-order valence-electron chi connectivity index (χ0n) is 7.04.